The van der Waals surface area contributed by atoms with Gasteiger partial charge >= 0.3 is 0 Å². The fourth-order valence-electron chi connectivity index (χ4n) is 18.5. The summed E-state index contributed by atoms with van der Waals surface area (Å²) in [5.41, 5.74) is 22.5. The van der Waals surface area contributed by atoms with Crippen molar-refractivity contribution in [1.29, 1.82) is 0 Å². The maximum Gasteiger partial charge on any atom is 0.256 e. The average Bonchev–Trinajstić information content (AvgIpc) is 1.10. The Kier molecular flexibility index (Phi) is 17.0. The first kappa shape index (κ1) is 68.0. The van der Waals surface area contributed by atoms with Crippen molar-refractivity contribution in [2.24, 2.45) is 0 Å². The van der Waals surface area contributed by atoms with Crippen molar-refractivity contribution in [3.05, 3.63) is 430 Å². The first-order valence-electron chi connectivity index (χ1n) is 39.1. The molecule has 1 aromatic heterocycles. The third kappa shape index (κ3) is 11.4. The van der Waals surface area contributed by atoms with Crippen molar-refractivity contribution in [2.45, 2.75) is 26.2 Å². The van der Waals surface area contributed by atoms with Gasteiger partial charge in [-0.1, -0.05) is 403 Å². The monoisotopic (exact) mass is 1460 g/mol. The summed E-state index contributed by atoms with van der Waals surface area (Å²) in [5, 5.41) is 12.8. The number of nitrogens with zero attached hydrogens (tertiary/aromatic N) is 2. The molecule has 17 aromatic carbocycles. The van der Waals surface area contributed by atoms with Gasteiger partial charge in [-0.3, -0.25) is 0 Å². The van der Waals surface area contributed by atoms with Crippen LogP contribution in [0.4, 0.5) is 17.1 Å². The number of hydrogen-bond acceptors (Lipinski definition) is 2. The number of benzene rings is 17. The molecule has 112 heavy (non-hydrogen) atoms. The summed E-state index contributed by atoms with van der Waals surface area (Å²) in [5.74, 6) is 1.72. The minimum atomic E-state index is -3.48. The van der Waals surface area contributed by atoms with Crippen molar-refractivity contribution in [3.63, 3.8) is 0 Å². The van der Waals surface area contributed by atoms with E-state index in [1.807, 2.05) is 0 Å². The van der Waals surface area contributed by atoms with E-state index < -0.39 is 16.1 Å². The Morgan fingerprint density at radius 1 is 0.268 bits per heavy atom. The molecule has 0 radical (unpaired) electrons. The lowest BCUT2D eigenvalue weighted by Crippen LogP contribution is -2.78. The zero-order chi connectivity index (χ0) is 74.9. The van der Waals surface area contributed by atoms with Crippen molar-refractivity contribution in [2.75, 3.05) is 4.90 Å². The Hall–Kier alpha value is -13.4. The van der Waals surface area contributed by atoms with Gasteiger partial charge in [0.05, 0.1) is 16.7 Å². The molecule has 0 unspecified atom stereocenters. The van der Waals surface area contributed by atoms with Crippen LogP contribution in [0.1, 0.15) is 26.3 Å². The molecular weight excluding hydrogens is 1380 g/mol. The topological polar surface area (TPSA) is 17.4 Å². The van der Waals surface area contributed by atoms with Crippen LogP contribution < -0.4 is 67.5 Å². The van der Waals surface area contributed by atoms with E-state index in [0.29, 0.717) is 0 Å². The van der Waals surface area contributed by atoms with Crippen LogP contribution in [-0.4, -0.2) is 27.4 Å². The fourth-order valence-corrected chi connectivity index (χ4v) is 28.4. The Labute approximate surface area is 658 Å². The Bertz CT molecular complexity index is 6190. The molecule has 18 aromatic rings. The van der Waals surface area contributed by atoms with E-state index in [0.717, 1.165) is 89.6 Å². The highest BCUT2D eigenvalue weighted by molar-refractivity contribution is 7.22. The molecule has 0 bridgehead atoms. The second-order valence-electron chi connectivity index (χ2n) is 31.0. The van der Waals surface area contributed by atoms with Gasteiger partial charge in [-0.05, 0) is 150 Å². The summed E-state index contributed by atoms with van der Waals surface area (Å²) in [4.78, 5) is 2.66. The molecule has 0 aliphatic carbocycles. The lowest BCUT2D eigenvalue weighted by atomic mass is 9.34. The summed E-state index contributed by atoms with van der Waals surface area (Å²) in [6.07, 6.45) is 0. The van der Waals surface area contributed by atoms with Gasteiger partial charge in [0.25, 0.3) is 6.71 Å². The largest absolute Gasteiger partial charge is 0.458 e. The van der Waals surface area contributed by atoms with Gasteiger partial charge < -0.3 is 14.2 Å². The van der Waals surface area contributed by atoms with Crippen molar-refractivity contribution < 1.29 is 4.74 Å². The minimum absolute atomic E-state index is 0.234. The first-order chi connectivity index (χ1) is 55.2. The van der Waals surface area contributed by atoms with Gasteiger partial charge in [-0.15, -0.1) is 0 Å². The SMILES string of the molecule is CC(C)(C)c1cc2c3c(c1)N(c1c(-c4ccccc4)cccc1-c1ccccc1)c1cc(-c4cc([Si](c5ccccc5)(c5ccccc5)c5cccc(-c6ccccc6)c5)cc([Si](c5ccccc5)(c5ccccc5)c5cccc(-c6ccccc6)c5)c4)ccc1B3c1ccc(-n3c4ccccc4c4ccccc43)cc1O2. The van der Waals surface area contributed by atoms with Gasteiger partial charge in [0.15, 0.2) is 16.1 Å². The van der Waals surface area contributed by atoms with Gasteiger partial charge in [-0.2, -0.15) is 0 Å². The van der Waals surface area contributed by atoms with Crippen LogP contribution in [0.5, 0.6) is 11.5 Å². The summed E-state index contributed by atoms with van der Waals surface area (Å²) < 4.78 is 10.1. The van der Waals surface area contributed by atoms with Crippen molar-refractivity contribution in [3.8, 4) is 72.8 Å². The Balaban J connectivity index is 0.927. The number of rotatable bonds is 15. The lowest BCUT2D eigenvalue weighted by Gasteiger charge is -2.42. The molecular formula is C106H79BN2OSi2. The van der Waals surface area contributed by atoms with Crippen LogP contribution in [0.25, 0.3) is 83.1 Å². The molecule has 530 valence electrons. The van der Waals surface area contributed by atoms with E-state index in [4.69, 9.17) is 4.74 Å². The van der Waals surface area contributed by atoms with Crippen LogP contribution in [0.3, 0.4) is 0 Å². The second kappa shape index (κ2) is 27.9. The normalized spacial score (nSPS) is 12.5. The zero-order valence-electron chi connectivity index (χ0n) is 62.8. The van der Waals surface area contributed by atoms with E-state index in [9.17, 15) is 0 Å². The molecule has 0 saturated heterocycles. The molecule has 3 heterocycles. The van der Waals surface area contributed by atoms with Gasteiger partial charge in [-0.25, -0.2) is 0 Å². The third-order valence-electron chi connectivity index (χ3n) is 23.7. The highest BCUT2D eigenvalue weighted by Crippen LogP contribution is 2.51. The maximum absolute atomic E-state index is 7.69. The molecule has 0 fully saturated rings. The molecule has 0 amide bonds. The van der Waals surface area contributed by atoms with Crippen LogP contribution in [0.2, 0.25) is 0 Å². The molecule has 0 saturated carbocycles. The van der Waals surface area contributed by atoms with E-state index in [1.54, 1.807) is 0 Å². The Morgan fingerprint density at radius 3 is 1.12 bits per heavy atom. The predicted molar refractivity (Wildman–Crippen MR) is 480 cm³/mol. The fraction of sp³-hybridized carbons (Fsp3) is 0.0377. The van der Waals surface area contributed by atoms with Crippen molar-refractivity contribution in [1.82, 2.24) is 4.57 Å². The van der Waals surface area contributed by atoms with Crippen LogP contribution >= 0.6 is 0 Å². The van der Waals surface area contributed by atoms with Crippen LogP contribution in [-0.2, 0) is 5.41 Å². The van der Waals surface area contributed by atoms with Crippen molar-refractivity contribution >= 4 is 120 Å². The Morgan fingerprint density at radius 2 is 0.652 bits per heavy atom. The molecule has 20 rings (SSSR count). The van der Waals surface area contributed by atoms with E-state index in [2.05, 4.69) is 455 Å². The zero-order valence-corrected chi connectivity index (χ0v) is 64.8. The first-order valence-corrected chi connectivity index (χ1v) is 43.1. The number of hydrogen-bond donors (Lipinski definition) is 0. The molecule has 0 spiro atoms. The van der Waals surface area contributed by atoms with Gasteiger partial charge in [0, 0.05) is 45.0 Å². The van der Waals surface area contributed by atoms with Crippen LogP contribution in [0.15, 0.2) is 425 Å². The smallest absolute Gasteiger partial charge is 0.256 e. The third-order valence-corrected chi connectivity index (χ3v) is 33.1. The molecule has 0 atom stereocenters. The molecule has 0 N–H and O–H groups in total. The quantitative estimate of drug-likeness (QED) is 0.0752. The van der Waals surface area contributed by atoms with E-state index >= 15 is 0 Å². The minimum Gasteiger partial charge on any atom is -0.458 e. The summed E-state index contributed by atoms with van der Waals surface area (Å²) in [6, 6.07) is 161. The standard InChI is InChI=1S/C106H79BN2OSi2/c1-106(2,3)82-70-101-104-103(71-82)110-102-72-83(108-98-59-30-28-55-94(98)95-56-29-31-60-99(95)108)62-64-97(102)107(104)96-63-61-80(69-100(96)109(101)105-92(76-39-16-6-17-40-76)57-34-58-93(105)77-41-18-7-19-42-77)81-67-90(111(84-45-20-8-21-46-84,85-47-22-9-23-48-85)88-53-32-43-78(65-88)74-35-12-4-13-36-74)73-91(68-81)112(86-49-24-10-25-50-86,87-51-26-11-27-52-87)89-54-33-44-79(66-89)75-37-14-5-15-38-75/h4-73H,1-3H3. The number of aromatic nitrogens is 1. The van der Waals surface area contributed by atoms with Crippen LogP contribution in [0, 0.1) is 0 Å². The summed E-state index contributed by atoms with van der Waals surface area (Å²) in [6.45, 7) is 6.78. The number of anilines is 3. The molecule has 2 aliphatic rings. The maximum atomic E-state index is 7.69. The number of para-hydroxylation sites is 3. The molecule has 2 aliphatic heterocycles. The predicted octanol–water partition coefficient (Wildman–Crippen LogP) is 19.6. The highest BCUT2D eigenvalue weighted by atomic mass is 28.3. The second-order valence-corrected chi connectivity index (χ2v) is 38.6. The molecule has 3 nitrogen and oxygen atoms in total. The summed E-state index contributed by atoms with van der Waals surface area (Å²) >= 11 is 0. The summed E-state index contributed by atoms with van der Waals surface area (Å²) in [7, 11) is -6.95. The molecule has 6 heteroatoms. The van der Waals surface area contributed by atoms with E-state index in [-0.39, 0.29) is 12.1 Å². The number of fused-ring (bicyclic) bond motifs is 7. The van der Waals surface area contributed by atoms with E-state index in [1.165, 1.54) is 85.5 Å². The average molecular weight is 1460 g/mol. The number of ether oxygens (including phenoxy) is 1. The lowest BCUT2D eigenvalue weighted by molar-refractivity contribution is 0.483. The highest BCUT2D eigenvalue weighted by Gasteiger charge is 2.48. The van der Waals surface area contributed by atoms with Gasteiger partial charge in [0.2, 0.25) is 0 Å². The van der Waals surface area contributed by atoms with Gasteiger partial charge in [0.1, 0.15) is 11.5 Å².